The molecule has 0 unspecified atom stereocenters. The smallest absolute Gasteiger partial charge is 0.326 e. The van der Waals surface area contributed by atoms with Crippen LogP contribution in [0.3, 0.4) is 0 Å². The summed E-state index contributed by atoms with van der Waals surface area (Å²) in [5.41, 5.74) is 1.51. The van der Waals surface area contributed by atoms with Crippen LogP contribution in [0.15, 0.2) is 60.7 Å². The highest BCUT2D eigenvalue weighted by atomic mass is 16.5. The molecule has 0 bridgehead atoms. The third kappa shape index (κ3) is 4.11. The van der Waals surface area contributed by atoms with Gasteiger partial charge in [0.15, 0.2) is 0 Å². The standard InChI is InChI=1S/C22H22N2O4/c1-16-10-12-18(13-11-16)22(2)20(26)24(21(27)23-22)15-19(25)28-14-6-9-17-7-4-3-5-8-17/h3-13H,14-15H2,1-2H3,(H,23,27)/b9-6+/t22-/m0/s1. The summed E-state index contributed by atoms with van der Waals surface area (Å²) in [7, 11) is 0. The summed E-state index contributed by atoms with van der Waals surface area (Å²) in [6.45, 7) is 3.21. The first-order chi connectivity index (χ1) is 13.4. The van der Waals surface area contributed by atoms with E-state index in [0.29, 0.717) is 5.56 Å². The fourth-order valence-electron chi connectivity index (χ4n) is 2.99. The molecule has 1 aliphatic rings. The van der Waals surface area contributed by atoms with Crippen LogP contribution in [0.4, 0.5) is 4.79 Å². The maximum Gasteiger partial charge on any atom is 0.326 e. The number of nitrogens with zero attached hydrogens (tertiary/aromatic N) is 1. The second kappa shape index (κ2) is 8.08. The molecule has 0 saturated carbocycles. The predicted molar refractivity (Wildman–Crippen MR) is 105 cm³/mol. The number of hydrogen-bond acceptors (Lipinski definition) is 4. The van der Waals surface area contributed by atoms with Gasteiger partial charge in [-0.3, -0.25) is 14.5 Å². The van der Waals surface area contributed by atoms with E-state index in [4.69, 9.17) is 4.74 Å². The molecule has 0 aromatic heterocycles. The van der Waals surface area contributed by atoms with Gasteiger partial charge in [-0.1, -0.05) is 66.2 Å². The summed E-state index contributed by atoms with van der Waals surface area (Å²) in [6, 6.07) is 16.3. The topological polar surface area (TPSA) is 75.7 Å². The van der Waals surface area contributed by atoms with Crippen LogP contribution in [-0.2, 0) is 19.9 Å². The number of aryl methyl sites for hydroxylation is 1. The second-order valence-electron chi connectivity index (χ2n) is 6.81. The fraction of sp³-hybridized carbons (Fsp3) is 0.227. The predicted octanol–water partition coefficient (Wildman–Crippen LogP) is 3.02. The minimum atomic E-state index is -1.20. The lowest BCUT2D eigenvalue weighted by atomic mass is 9.91. The van der Waals surface area contributed by atoms with Crippen molar-refractivity contribution < 1.29 is 19.1 Å². The minimum absolute atomic E-state index is 0.0621. The van der Waals surface area contributed by atoms with Crippen molar-refractivity contribution in [1.82, 2.24) is 10.2 Å². The molecule has 0 spiro atoms. The van der Waals surface area contributed by atoms with Crippen LogP contribution < -0.4 is 5.32 Å². The summed E-state index contributed by atoms with van der Waals surface area (Å²) in [6.07, 6.45) is 3.53. The van der Waals surface area contributed by atoms with E-state index in [-0.39, 0.29) is 6.61 Å². The Labute approximate surface area is 163 Å². The lowest BCUT2D eigenvalue weighted by Gasteiger charge is -2.22. The molecule has 6 nitrogen and oxygen atoms in total. The Morgan fingerprint density at radius 2 is 1.79 bits per heavy atom. The Hall–Kier alpha value is -3.41. The lowest BCUT2D eigenvalue weighted by molar-refractivity contribution is -0.146. The van der Waals surface area contributed by atoms with Crippen molar-refractivity contribution in [3.8, 4) is 0 Å². The van der Waals surface area contributed by atoms with Crippen LogP contribution in [0.1, 0.15) is 23.6 Å². The summed E-state index contributed by atoms with van der Waals surface area (Å²) in [5, 5.41) is 2.68. The van der Waals surface area contributed by atoms with Crippen molar-refractivity contribution in [2.24, 2.45) is 0 Å². The first kappa shape index (κ1) is 19.4. The minimum Gasteiger partial charge on any atom is -0.460 e. The molecule has 1 heterocycles. The number of rotatable bonds is 6. The zero-order chi connectivity index (χ0) is 20.1. The van der Waals surface area contributed by atoms with Gasteiger partial charge in [0.05, 0.1) is 0 Å². The highest BCUT2D eigenvalue weighted by Gasteiger charge is 2.49. The highest BCUT2D eigenvalue weighted by Crippen LogP contribution is 2.28. The number of nitrogens with one attached hydrogen (secondary N) is 1. The van der Waals surface area contributed by atoms with Gasteiger partial charge in [0, 0.05) is 0 Å². The van der Waals surface area contributed by atoms with Crippen molar-refractivity contribution >= 4 is 24.0 Å². The van der Waals surface area contributed by atoms with E-state index in [1.807, 2.05) is 55.5 Å². The number of carbonyl (C=O) groups excluding carboxylic acids is 3. The largest absolute Gasteiger partial charge is 0.460 e. The van der Waals surface area contributed by atoms with Gasteiger partial charge in [-0.05, 0) is 31.1 Å². The molecule has 1 saturated heterocycles. The fourth-order valence-corrected chi connectivity index (χ4v) is 2.99. The molecule has 0 aliphatic carbocycles. The van der Waals surface area contributed by atoms with Gasteiger partial charge in [-0.15, -0.1) is 0 Å². The maximum absolute atomic E-state index is 12.8. The van der Waals surface area contributed by atoms with E-state index in [1.165, 1.54) is 0 Å². The van der Waals surface area contributed by atoms with Gasteiger partial charge in [-0.25, -0.2) is 4.79 Å². The quantitative estimate of drug-likeness (QED) is 0.619. The van der Waals surface area contributed by atoms with Crippen molar-refractivity contribution in [2.45, 2.75) is 19.4 Å². The molecule has 3 rings (SSSR count). The van der Waals surface area contributed by atoms with Crippen LogP contribution >= 0.6 is 0 Å². The highest BCUT2D eigenvalue weighted by molar-refractivity contribution is 6.08. The van der Waals surface area contributed by atoms with E-state index in [0.717, 1.165) is 16.0 Å². The van der Waals surface area contributed by atoms with Crippen LogP contribution in [0.2, 0.25) is 0 Å². The number of benzene rings is 2. The second-order valence-corrected chi connectivity index (χ2v) is 6.81. The van der Waals surface area contributed by atoms with Gasteiger partial charge in [-0.2, -0.15) is 0 Å². The average molecular weight is 378 g/mol. The van der Waals surface area contributed by atoms with Crippen molar-refractivity contribution in [2.75, 3.05) is 13.2 Å². The zero-order valence-corrected chi connectivity index (χ0v) is 15.8. The molecular formula is C22H22N2O4. The Bertz CT molecular complexity index is 906. The molecule has 1 fully saturated rings. The molecule has 28 heavy (non-hydrogen) atoms. The third-order valence-electron chi connectivity index (χ3n) is 4.64. The molecule has 1 N–H and O–H groups in total. The molecule has 1 atom stereocenters. The van der Waals surface area contributed by atoms with Gasteiger partial charge < -0.3 is 10.1 Å². The van der Waals surface area contributed by atoms with Crippen molar-refractivity contribution in [1.29, 1.82) is 0 Å². The number of amides is 3. The molecule has 0 radical (unpaired) electrons. The van der Waals surface area contributed by atoms with E-state index in [2.05, 4.69) is 5.32 Å². The number of imide groups is 1. The number of esters is 1. The number of carbonyl (C=O) groups is 3. The summed E-state index contributed by atoms with van der Waals surface area (Å²) in [5.74, 6) is -1.12. The van der Waals surface area contributed by atoms with E-state index in [9.17, 15) is 14.4 Å². The summed E-state index contributed by atoms with van der Waals surface area (Å²) < 4.78 is 5.11. The SMILES string of the molecule is Cc1ccc([C@]2(C)NC(=O)N(CC(=O)OC/C=C/c3ccccc3)C2=O)cc1. The van der Waals surface area contributed by atoms with Gasteiger partial charge in [0.1, 0.15) is 18.7 Å². The average Bonchev–Trinajstić information content (AvgIpc) is 2.90. The van der Waals surface area contributed by atoms with Crippen LogP contribution in [0.5, 0.6) is 0 Å². The van der Waals surface area contributed by atoms with E-state index in [1.54, 1.807) is 25.1 Å². The van der Waals surface area contributed by atoms with E-state index < -0.39 is 30.0 Å². The van der Waals surface area contributed by atoms with Gasteiger partial charge in [0.25, 0.3) is 5.91 Å². The molecule has 2 aromatic carbocycles. The first-order valence-corrected chi connectivity index (χ1v) is 8.98. The van der Waals surface area contributed by atoms with E-state index >= 15 is 0 Å². The van der Waals surface area contributed by atoms with Gasteiger partial charge in [0.2, 0.25) is 0 Å². The normalized spacial score (nSPS) is 19.1. The maximum atomic E-state index is 12.8. The zero-order valence-electron chi connectivity index (χ0n) is 15.8. The third-order valence-corrected chi connectivity index (χ3v) is 4.64. The molecule has 1 aliphatic heterocycles. The monoisotopic (exact) mass is 378 g/mol. The Morgan fingerprint density at radius 3 is 2.46 bits per heavy atom. The Balaban J connectivity index is 1.58. The van der Waals surface area contributed by atoms with Crippen molar-refractivity contribution in [3.05, 3.63) is 77.4 Å². The van der Waals surface area contributed by atoms with Crippen LogP contribution in [0, 0.1) is 6.92 Å². The molecule has 3 amide bonds. The molecule has 144 valence electrons. The van der Waals surface area contributed by atoms with Crippen molar-refractivity contribution in [3.63, 3.8) is 0 Å². The summed E-state index contributed by atoms with van der Waals surface area (Å²) >= 11 is 0. The Morgan fingerprint density at radius 1 is 1.11 bits per heavy atom. The van der Waals surface area contributed by atoms with Gasteiger partial charge >= 0.3 is 12.0 Å². The molecule has 2 aromatic rings. The number of hydrogen-bond donors (Lipinski definition) is 1. The van der Waals surface area contributed by atoms with Crippen LogP contribution in [0.25, 0.3) is 6.08 Å². The Kier molecular flexibility index (Phi) is 5.59. The molecular weight excluding hydrogens is 356 g/mol. The number of ether oxygens (including phenoxy) is 1. The summed E-state index contributed by atoms with van der Waals surface area (Å²) in [4.78, 5) is 38.0. The van der Waals surface area contributed by atoms with Crippen LogP contribution in [-0.4, -0.2) is 36.0 Å². The number of urea groups is 1. The lowest BCUT2D eigenvalue weighted by Crippen LogP contribution is -2.41. The first-order valence-electron chi connectivity index (χ1n) is 8.98. The molecule has 6 heteroatoms.